The number of nitrogens with one attached hydrogen (secondary N) is 1. The minimum atomic E-state index is -0.190. The molecule has 2 heterocycles. The van der Waals surface area contributed by atoms with Gasteiger partial charge in [0.15, 0.2) is 11.5 Å². The molecule has 1 aromatic heterocycles. The molecule has 0 bridgehead atoms. The van der Waals surface area contributed by atoms with Crippen LogP contribution in [0, 0.1) is 13.8 Å². The topological polar surface area (TPSA) is 73.3 Å². The number of carbonyl (C=O) groups excluding carboxylic acids is 1. The van der Waals surface area contributed by atoms with E-state index in [1.165, 1.54) is 0 Å². The second-order valence-electron chi connectivity index (χ2n) is 4.79. The van der Waals surface area contributed by atoms with E-state index in [-0.39, 0.29) is 12.7 Å². The second kappa shape index (κ2) is 5.40. The molecule has 1 N–H and O–H groups in total. The Kier molecular flexibility index (Phi) is 3.43. The van der Waals surface area contributed by atoms with Crippen molar-refractivity contribution in [2.75, 3.05) is 6.79 Å². The summed E-state index contributed by atoms with van der Waals surface area (Å²) in [7, 11) is 0. The molecule has 1 aromatic carbocycles. The van der Waals surface area contributed by atoms with Gasteiger partial charge < -0.3 is 14.8 Å². The van der Waals surface area contributed by atoms with E-state index in [1.807, 2.05) is 18.2 Å². The molecule has 3 rings (SSSR count). The predicted molar refractivity (Wildman–Crippen MR) is 75.2 cm³/mol. The molecule has 0 aliphatic carbocycles. The fraction of sp³-hybridized carbons (Fsp3) is 0.267. The summed E-state index contributed by atoms with van der Waals surface area (Å²) in [5.74, 6) is 1.90. The molecule has 0 atom stereocenters. The number of amides is 1. The molecular weight excluding hydrogens is 270 g/mol. The first-order valence-corrected chi connectivity index (χ1v) is 6.60. The van der Waals surface area contributed by atoms with E-state index in [4.69, 9.17) is 9.47 Å². The van der Waals surface area contributed by atoms with Gasteiger partial charge in [0.1, 0.15) is 5.82 Å². The molecule has 0 fully saturated rings. The third-order valence-electron chi connectivity index (χ3n) is 3.23. The van der Waals surface area contributed by atoms with Crippen LogP contribution in [0.1, 0.15) is 27.4 Å². The van der Waals surface area contributed by atoms with Crippen LogP contribution in [0.15, 0.2) is 24.4 Å². The summed E-state index contributed by atoms with van der Waals surface area (Å²) in [4.78, 5) is 20.4. The zero-order chi connectivity index (χ0) is 14.8. The average molecular weight is 285 g/mol. The van der Waals surface area contributed by atoms with E-state index in [9.17, 15) is 4.79 Å². The molecule has 0 radical (unpaired) electrons. The van der Waals surface area contributed by atoms with Crippen molar-refractivity contribution in [3.63, 3.8) is 0 Å². The van der Waals surface area contributed by atoms with E-state index in [0.29, 0.717) is 29.4 Å². The quantitative estimate of drug-likeness (QED) is 0.930. The van der Waals surface area contributed by atoms with Gasteiger partial charge in [-0.15, -0.1) is 0 Å². The fourth-order valence-electron chi connectivity index (χ4n) is 2.13. The zero-order valence-corrected chi connectivity index (χ0v) is 11.8. The van der Waals surface area contributed by atoms with Gasteiger partial charge in [0, 0.05) is 12.7 Å². The maximum Gasteiger partial charge on any atom is 0.254 e. The molecule has 2 aromatic rings. The number of carbonyl (C=O) groups is 1. The Morgan fingerprint density at radius 1 is 1.29 bits per heavy atom. The van der Waals surface area contributed by atoms with Crippen molar-refractivity contribution in [2.24, 2.45) is 0 Å². The van der Waals surface area contributed by atoms with Crippen molar-refractivity contribution in [3.8, 4) is 11.5 Å². The lowest BCUT2D eigenvalue weighted by molar-refractivity contribution is 0.0949. The normalized spacial score (nSPS) is 12.3. The van der Waals surface area contributed by atoms with Crippen molar-refractivity contribution in [2.45, 2.75) is 20.4 Å². The molecule has 21 heavy (non-hydrogen) atoms. The van der Waals surface area contributed by atoms with Crippen molar-refractivity contribution in [3.05, 3.63) is 47.0 Å². The fourth-order valence-corrected chi connectivity index (χ4v) is 2.13. The molecule has 1 amide bonds. The average Bonchev–Trinajstić information content (AvgIpc) is 2.92. The molecule has 1 aliphatic heterocycles. The van der Waals surface area contributed by atoms with Gasteiger partial charge in [0.05, 0.1) is 11.3 Å². The Morgan fingerprint density at radius 2 is 2.10 bits per heavy atom. The molecular formula is C15H15N3O3. The van der Waals surface area contributed by atoms with Gasteiger partial charge in [-0.1, -0.05) is 6.07 Å². The van der Waals surface area contributed by atoms with Crippen molar-refractivity contribution < 1.29 is 14.3 Å². The highest BCUT2D eigenvalue weighted by molar-refractivity contribution is 5.94. The molecule has 0 spiro atoms. The lowest BCUT2D eigenvalue weighted by atomic mass is 10.2. The Morgan fingerprint density at radius 3 is 2.90 bits per heavy atom. The van der Waals surface area contributed by atoms with Crippen LogP contribution in [0.2, 0.25) is 0 Å². The van der Waals surface area contributed by atoms with Gasteiger partial charge in [-0.3, -0.25) is 4.79 Å². The number of ether oxygens (including phenoxy) is 2. The van der Waals surface area contributed by atoms with E-state index in [2.05, 4.69) is 15.3 Å². The van der Waals surface area contributed by atoms with E-state index in [0.717, 1.165) is 11.3 Å². The number of fused-ring (bicyclic) bond motifs is 1. The van der Waals surface area contributed by atoms with E-state index >= 15 is 0 Å². The number of nitrogens with zero attached hydrogens (tertiary/aromatic N) is 2. The van der Waals surface area contributed by atoms with Gasteiger partial charge in [-0.2, -0.15) is 0 Å². The highest BCUT2D eigenvalue weighted by Gasteiger charge is 2.14. The van der Waals surface area contributed by atoms with Gasteiger partial charge in [0.25, 0.3) is 5.91 Å². The summed E-state index contributed by atoms with van der Waals surface area (Å²) in [6.45, 7) is 4.24. The van der Waals surface area contributed by atoms with Crippen LogP contribution < -0.4 is 14.8 Å². The Labute approximate surface area is 122 Å². The summed E-state index contributed by atoms with van der Waals surface area (Å²) in [6.07, 6.45) is 1.55. The third kappa shape index (κ3) is 2.79. The molecule has 0 saturated heterocycles. The molecule has 108 valence electrons. The van der Waals surface area contributed by atoms with Gasteiger partial charge in [-0.25, -0.2) is 9.97 Å². The minimum Gasteiger partial charge on any atom is -0.454 e. The second-order valence-corrected chi connectivity index (χ2v) is 4.79. The Balaban J connectivity index is 1.68. The highest BCUT2D eigenvalue weighted by atomic mass is 16.7. The number of rotatable bonds is 3. The number of hydrogen-bond acceptors (Lipinski definition) is 5. The molecule has 1 aliphatic rings. The van der Waals surface area contributed by atoms with E-state index < -0.39 is 0 Å². The van der Waals surface area contributed by atoms with Gasteiger partial charge >= 0.3 is 0 Å². The SMILES string of the molecule is Cc1ncc(C(=O)NCc2ccc3c(c2)OCO3)c(C)n1. The summed E-state index contributed by atoms with van der Waals surface area (Å²) in [6, 6.07) is 5.59. The van der Waals surface area contributed by atoms with E-state index in [1.54, 1.807) is 20.0 Å². The first-order valence-electron chi connectivity index (χ1n) is 6.60. The molecule has 6 heteroatoms. The van der Waals surface area contributed by atoms with Gasteiger partial charge in [0.2, 0.25) is 6.79 Å². The van der Waals surface area contributed by atoms with Crippen LogP contribution in [0.5, 0.6) is 11.5 Å². The van der Waals surface area contributed by atoms with Crippen LogP contribution in [0.3, 0.4) is 0 Å². The zero-order valence-electron chi connectivity index (χ0n) is 11.8. The third-order valence-corrected chi connectivity index (χ3v) is 3.23. The standard InChI is InChI=1S/C15H15N3O3/c1-9-12(7-16-10(2)18-9)15(19)17-6-11-3-4-13-14(5-11)21-8-20-13/h3-5,7H,6,8H2,1-2H3,(H,17,19). The molecule has 6 nitrogen and oxygen atoms in total. The number of aromatic nitrogens is 2. The lowest BCUT2D eigenvalue weighted by Gasteiger charge is -2.08. The Bertz CT molecular complexity index is 701. The summed E-state index contributed by atoms with van der Waals surface area (Å²) < 4.78 is 10.6. The lowest BCUT2D eigenvalue weighted by Crippen LogP contribution is -2.24. The monoisotopic (exact) mass is 285 g/mol. The smallest absolute Gasteiger partial charge is 0.254 e. The summed E-state index contributed by atoms with van der Waals surface area (Å²) in [5, 5.41) is 2.85. The largest absolute Gasteiger partial charge is 0.454 e. The number of aryl methyl sites for hydroxylation is 2. The van der Waals surface area contributed by atoms with Crippen LogP contribution in [-0.2, 0) is 6.54 Å². The maximum absolute atomic E-state index is 12.1. The summed E-state index contributed by atoms with van der Waals surface area (Å²) in [5.41, 5.74) is 2.10. The minimum absolute atomic E-state index is 0.190. The predicted octanol–water partition coefficient (Wildman–Crippen LogP) is 1.75. The van der Waals surface area contributed by atoms with Crippen molar-refractivity contribution in [1.29, 1.82) is 0 Å². The van der Waals surface area contributed by atoms with Crippen molar-refractivity contribution in [1.82, 2.24) is 15.3 Å². The summed E-state index contributed by atoms with van der Waals surface area (Å²) >= 11 is 0. The van der Waals surface area contributed by atoms with Crippen LogP contribution in [-0.4, -0.2) is 22.7 Å². The van der Waals surface area contributed by atoms with Crippen LogP contribution in [0.25, 0.3) is 0 Å². The van der Waals surface area contributed by atoms with Gasteiger partial charge in [-0.05, 0) is 31.5 Å². The Hall–Kier alpha value is -2.63. The first-order chi connectivity index (χ1) is 10.1. The first kappa shape index (κ1) is 13.4. The molecule has 0 unspecified atom stereocenters. The van der Waals surface area contributed by atoms with Crippen molar-refractivity contribution >= 4 is 5.91 Å². The maximum atomic E-state index is 12.1. The molecule has 0 saturated carbocycles. The number of hydrogen-bond donors (Lipinski definition) is 1. The number of benzene rings is 1. The van der Waals surface area contributed by atoms with Crippen LogP contribution in [0.4, 0.5) is 0 Å². The highest BCUT2D eigenvalue weighted by Crippen LogP contribution is 2.32. The van der Waals surface area contributed by atoms with Crippen LogP contribution >= 0.6 is 0 Å².